The van der Waals surface area contributed by atoms with E-state index in [1.165, 1.54) is 4.57 Å². The van der Waals surface area contributed by atoms with Crippen LogP contribution in [-0.4, -0.2) is 10.5 Å². The van der Waals surface area contributed by atoms with Crippen LogP contribution < -0.4 is 5.76 Å². The van der Waals surface area contributed by atoms with Gasteiger partial charge in [0.1, 0.15) is 6.61 Å². The second kappa shape index (κ2) is 7.11. The molecule has 0 aliphatic carbocycles. The number of esters is 1. The summed E-state index contributed by atoms with van der Waals surface area (Å²) in [5.74, 6) is -0.928. The molecule has 0 saturated carbocycles. The molecule has 1 heterocycles. The SMILES string of the molecule is O=C(CCn1c(=O)oc2ccccc21)OCc1ccc(Cl)cc1Cl. The summed E-state index contributed by atoms with van der Waals surface area (Å²) in [6, 6.07) is 12.0. The van der Waals surface area contributed by atoms with Gasteiger partial charge in [0.2, 0.25) is 0 Å². The fraction of sp³-hybridized carbons (Fsp3) is 0.176. The molecule has 7 heteroatoms. The van der Waals surface area contributed by atoms with Crippen LogP contribution in [0.25, 0.3) is 11.1 Å². The summed E-state index contributed by atoms with van der Waals surface area (Å²) < 4.78 is 11.7. The average molecular weight is 366 g/mol. The zero-order valence-electron chi connectivity index (χ0n) is 12.5. The molecular formula is C17H13Cl2NO4. The van der Waals surface area contributed by atoms with Crippen molar-refractivity contribution in [1.82, 2.24) is 4.57 Å². The third-order valence-corrected chi connectivity index (χ3v) is 4.10. The molecule has 0 fully saturated rings. The lowest BCUT2D eigenvalue weighted by Crippen LogP contribution is -2.17. The van der Waals surface area contributed by atoms with Crippen LogP contribution in [0.1, 0.15) is 12.0 Å². The van der Waals surface area contributed by atoms with Crippen LogP contribution in [0.3, 0.4) is 0 Å². The van der Waals surface area contributed by atoms with Crippen LogP contribution >= 0.6 is 23.2 Å². The van der Waals surface area contributed by atoms with Crippen molar-refractivity contribution < 1.29 is 13.9 Å². The topological polar surface area (TPSA) is 61.4 Å². The van der Waals surface area contributed by atoms with E-state index in [0.29, 0.717) is 26.7 Å². The number of oxazole rings is 1. The lowest BCUT2D eigenvalue weighted by atomic mass is 10.2. The van der Waals surface area contributed by atoms with E-state index in [4.69, 9.17) is 32.4 Å². The van der Waals surface area contributed by atoms with E-state index in [1.807, 2.05) is 0 Å². The number of hydrogen-bond donors (Lipinski definition) is 0. The van der Waals surface area contributed by atoms with Crippen LogP contribution in [0.2, 0.25) is 10.0 Å². The zero-order chi connectivity index (χ0) is 17.1. The van der Waals surface area contributed by atoms with Crippen LogP contribution in [0.5, 0.6) is 0 Å². The second-order valence-electron chi connectivity index (χ2n) is 5.13. The van der Waals surface area contributed by atoms with Crippen LogP contribution in [-0.2, 0) is 22.7 Å². The van der Waals surface area contributed by atoms with Gasteiger partial charge in [0, 0.05) is 22.2 Å². The smallest absolute Gasteiger partial charge is 0.419 e. The molecule has 3 rings (SSSR count). The molecule has 3 aromatic rings. The van der Waals surface area contributed by atoms with Crippen molar-refractivity contribution in [2.75, 3.05) is 0 Å². The summed E-state index contributed by atoms with van der Waals surface area (Å²) in [6.45, 7) is 0.235. The predicted molar refractivity (Wildman–Crippen MR) is 91.3 cm³/mol. The highest BCUT2D eigenvalue weighted by Gasteiger charge is 2.11. The number of rotatable bonds is 5. The molecule has 0 aliphatic heterocycles. The first-order chi connectivity index (χ1) is 11.5. The highest BCUT2D eigenvalue weighted by atomic mass is 35.5. The first kappa shape index (κ1) is 16.6. The van der Waals surface area contributed by atoms with Crippen molar-refractivity contribution in [1.29, 1.82) is 0 Å². The lowest BCUT2D eigenvalue weighted by Gasteiger charge is -2.07. The summed E-state index contributed by atoms with van der Waals surface area (Å²) in [7, 11) is 0. The monoisotopic (exact) mass is 365 g/mol. The van der Waals surface area contributed by atoms with E-state index in [0.717, 1.165) is 0 Å². The molecule has 0 spiro atoms. The number of fused-ring (bicyclic) bond motifs is 1. The van der Waals surface area contributed by atoms with E-state index in [2.05, 4.69) is 0 Å². The summed E-state index contributed by atoms with van der Waals surface area (Å²) in [5, 5.41) is 0.952. The van der Waals surface area contributed by atoms with Crippen molar-refractivity contribution in [3.8, 4) is 0 Å². The molecule has 0 radical (unpaired) electrons. The molecule has 0 amide bonds. The molecule has 0 bridgehead atoms. The number of aryl methyl sites for hydroxylation is 1. The van der Waals surface area contributed by atoms with Crippen molar-refractivity contribution in [2.24, 2.45) is 0 Å². The van der Waals surface area contributed by atoms with Crippen LogP contribution in [0.4, 0.5) is 0 Å². The molecule has 1 aromatic heterocycles. The quantitative estimate of drug-likeness (QED) is 0.640. The number of carbonyl (C=O) groups excluding carboxylic acids is 1. The molecule has 0 aliphatic rings. The van der Waals surface area contributed by atoms with Crippen molar-refractivity contribution >= 4 is 40.3 Å². The highest BCUT2D eigenvalue weighted by molar-refractivity contribution is 6.35. The number of carbonyl (C=O) groups is 1. The molecule has 2 aromatic carbocycles. The Labute approximate surface area is 147 Å². The molecule has 0 saturated heterocycles. The van der Waals surface area contributed by atoms with Gasteiger partial charge in [0.25, 0.3) is 0 Å². The third kappa shape index (κ3) is 3.63. The van der Waals surface area contributed by atoms with Crippen molar-refractivity contribution in [3.63, 3.8) is 0 Å². The molecule has 0 atom stereocenters. The molecule has 0 unspecified atom stereocenters. The maximum atomic E-state index is 11.9. The Morgan fingerprint density at radius 2 is 1.96 bits per heavy atom. The van der Waals surface area contributed by atoms with Gasteiger partial charge in [0.15, 0.2) is 5.58 Å². The Bertz CT molecular complexity index is 945. The minimum Gasteiger partial charge on any atom is -0.461 e. The van der Waals surface area contributed by atoms with Crippen LogP contribution in [0.15, 0.2) is 51.7 Å². The summed E-state index contributed by atoms with van der Waals surface area (Å²) >= 11 is 11.8. The Hall–Kier alpha value is -2.24. The van der Waals surface area contributed by atoms with E-state index in [1.54, 1.807) is 42.5 Å². The number of hydrogen-bond acceptors (Lipinski definition) is 4. The van der Waals surface area contributed by atoms with Gasteiger partial charge < -0.3 is 9.15 Å². The van der Waals surface area contributed by atoms with Gasteiger partial charge in [-0.1, -0.05) is 41.4 Å². The Kier molecular flexibility index (Phi) is 4.92. The van der Waals surface area contributed by atoms with Gasteiger partial charge >= 0.3 is 11.7 Å². The van der Waals surface area contributed by atoms with E-state index in [-0.39, 0.29) is 19.6 Å². The standard InChI is InChI=1S/C17H13Cl2NO4/c18-12-6-5-11(13(19)9-12)10-23-16(21)7-8-20-14-3-1-2-4-15(14)24-17(20)22/h1-6,9H,7-8,10H2. The second-order valence-corrected chi connectivity index (χ2v) is 5.98. The van der Waals surface area contributed by atoms with Crippen LogP contribution in [0, 0.1) is 0 Å². The van der Waals surface area contributed by atoms with Gasteiger partial charge in [-0.3, -0.25) is 9.36 Å². The van der Waals surface area contributed by atoms with Gasteiger partial charge in [-0.15, -0.1) is 0 Å². The molecule has 5 nitrogen and oxygen atoms in total. The third-order valence-electron chi connectivity index (χ3n) is 3.52. The van der Waals surface area contributed by atoms with E-state index in [9.17, 15) is 9.59 Å². The first-order valence-electron chi connectivity index (χ1n) is 7.22. The number of nitrogens with zero attached hydrogens (tertiary/aromatic N) is 1. The first-order valence-corrected chi connectivity index (χ1v) is 7.98. The number of benzene rings is 2. The maximum Gasteiger partial charge on any atom is 0.419 e. The highest BCUT2D eigenvalue weighted by Crippen LogP contribution is 2.21. The van der Waals surface area contributed by atoms with E-state index < -0.39 is 11.7 Å². The van der Waals surface area contributed by atoms with E-state index >= 15 is 0 Å². The predicted octanol–water partition coefficient (Wildman–Crippen LogP) is 4.03. The van der Waals surface area contributed by atoms with Gasteiger partial charge in [-0.05, 0) is 24.3 Å². The van der Waals surface area contributed by atoms with Gasteiger partial charge in [-0.25, -0.2) is 4.79 Å². The largest absolute Gasteiger partial charge is 0.461 e. The summed E-state index contributed by atoms with van der Waals surface area (Å²) in [5.41, 5.74) is 1.81. The Morgan fingerprint density at radius 3 is 2.75 bits per heavy atom. The normalized spacial score (nSPS) is 10.9. The minimum atomic E-state index is -0.496. The number of halogens is 2. The van der Waals surface area contributed by atoms with Crippen molar-refractivity contribution in [3.05, 3.63) is 68.6 Å². The molecule has 0 N–H and O–H groups in total. The Balaban J connectivity index is 1.61. The summed E-state index contributed by atoms with van der Waals surface area (Å²) in [6.07, 6.45) is 0.0502. The number of para-hydroxylation sites is 2. The van der Waals surface area contributed by atoms with Gasteiger partial charge in [0.05, 0.1) is 11.9 Å². The molecular weight excluding hydrogens is 353 g/mol. The summed E-state index contributed by atoms with van der Waals surface area (Å²) in [4.78, 5) is 23.7. The number of ether oxygens (including phenoxy) is 1. The number of aromatic nitrogens is 1. The molecule has 124 valence electrons. The van der Waals surface area contributed by atoms with Crippen molar-refractivity contribution in [2.45, 2.75) is 19.6 Å². The fourth-order valence-corrected chi connectivity index (χ4v) is 2.76. The average Bonchev–Trinajstić information content (AvgIpc) is 2.87. The molecule has 24 heavy (non-hydrogen) atoms. The van der Waals surface area contributed by atoms with Gasteiger partial charge in [-0.2, -0.15) is 0 Å². The zero-order valence-corrected chi connectivity index (χ0v) is 14.0. The minimum absolute atomic E-state index is 0.0502. The maximum absolute atomic E-state index is 11.9. The lowest BCUT2D eigenvalue weighted by molar-refractivity contribution is -0.145. The Morgan fingerprint density at radius 1 is 1.17 bits per heavy atom. The fourth-order valence-electron chi connectivity index (χ4n) is 2.30.